The van der Waals surface area contributed by atoms with Gasteiger partial charge in [0.15, 0.2) is 0 Å². The van der Waals surface area contributed by atoms with Gasteiger partial charge in [-0.3, -0.25) is 14.9 Å². The van der Waals surface area contributed by atoms with Crippen molar-refractivity contribution in [2.45, 2.75) is 0 Å². The summed E-state index contributed by atoms with van der Waals surface area (Å²) in [4.78, 5) is 30.9. The lowest BCUT2D eigenvalue weighted by Crippen LogP contribution is -2.22. The molecule has 0 fully saturated rings. The Morgan fingerprint density at radius 2 is 1.11 bits per heavy atom. The third-order valence-corrected chi connectivity index (χ3v) is 4.78. The Morgan fingerprint density at radius 1 is 0.667 bits per heavy atom. The molecular weight excluding hydrogens is 352 g/mol. The highest BCUT2D eigenvalue weighted by Crippen LogP contribution is 2.38. The van der Waals surface area contributed by atoms with E-state index in [1.54, 1.807) is 24.3 Å². The number of rotatable bonds is 2. The first kappa shape index (κ1) is 15.5. The van der Waals surface area contributed by atoms with Crippen LogP contribution in [-0.2, 0) is 9.59 Å². The van der Waals surface area contributed by atoms with E-state index in [2.05, 4.69) is 15.3 Å². The number of nitrogens with one attached hydrogen (secondary N) is 3. The lowest BCUT2D eigenvalue weighted by Gasteiger charge is -2.04. The van der Waals surface area contributed by atoms with Crippen molar-refractivity contribution in [1.82, 2.24) is 15.3 Å². The molecule has 3 N–H and O–H groups in total. The van der Waals surface area contributed by atoms with E-state index in [1.165, 1.54) is 24.5 Å². The van der Waals surface area contributed by atoms with E-state index in [4.69, 9.17) is 0 Å². The molecule has 0 aliphatic carbocycles. The highest BCUT2D eigenvalue weighted by Gasteiger charge is 2.35. The van der Waals surface area contributed by atoms with E-state index in [-0.39, 0.29) is 33.0 Å². The summed E-state index contributed by atoms with van der Waals surface area (Å²) in [5.41, 5.74) is 1.53. The van der Waals surface area contributed by atoms with E-state index in [0.717, 1.165) is 0 Å². The second-order valence-corrected chi connectivity index (χ2v) is 6.26. The molecular formula is C20H11F2N3O2. The first-order chi connectivity index (χ1) is 13.1. The molecule has 1 aliphatic heterocycles. The molecule has 1 aliphatic rings. The molecule has 5 rings (SSSR count). The van der Waals surface area contributed by atoms with Gasteiger partial charge < -0.3 is 9.97 Å². The second kappa shape index (κ2) is 5.38. The SMILES string of the molecule is O=C1NC(=O)C(c2c[nH]c3cccc(F)c23)=C1c1c[nH]c2cccc(F)c12. The smallest absolute Gasteiger partial charge is 0.259 e. The largest absolute Gasteiger partial charge is 0.360 e. The van der Waals surface area contributed by atoms with E-state index < -0.39 is 23.4 Å². The van der Waals surface area contributed by atoms with Gasteiger partial charge in [0.1, 0.15) is 11.6 Å². The van der Waals surface area contributed by atoms with Gasteiger partial charge in [-0.25, -0.2) is 8.78 Å². The maximum atomic E-state index is 14.4. The number of aromatic amines is 2. The normalized spacial score (nSPS) is 14.6. The molecule has 0 atom stereocenters. The molecule has 4 aromatic rings. The molecule has 7 heteroatoms. The molecule has 2 aromatic carbocycles. The summed E-state index contributed by atoms with van der Waals surface area (Å²) in [7, 11) is 0. The molecule has 5 nitrogen and oxygen atoms in total. The summed E-state index contributed by atoms with van der Waals surface area (Å²) in [5.74, 6) is -2.34. The van der Waals surface area contributed by atoms with Crippen molar-refractivity contribution in [3.8, 4) is 0 Å². The third kappa shape index (κ3) is 2.08. The molecule has 0 bridgehead atoms. The predicted molar refractivity (Wildman–Crippen MR) is 96.5 cm³/mol. The van der Waals surface area contributed by atoms with Crippen LogP contribution >= 0.6 is 0 Å². The van der Waals surface area contributed by atoms with Crippen molar-refractivity contribution in [2.24, 2.45) is 0 Å². The number of carbonyl (C=O) groups is 2. The molecule has 0 unspecified atom stereocenters. The van der Waals surface area contributed by atoms with Crippen molar-refractivity contribution in [3.63, 3.8) is 0 Å². The van der Waals surface area contributed by atoms with Gasteiger partial charge in [-0.15, -0.1) is 0 Å². The van der Waals surface area contributed by atoms with Crippen LogP contribution in [0.25, 0.3) is 33.0 Å². The number of benzene rings is 2. The van der Waals surface area contributed by atoms with Gasteiger partial charge in [-0.05, 0) is 24.3 Å². The van der Waals surface area contributed by atoms with Crippen molar-refractivity contribution in [2.75, 3.05) is 0 Å². The van der Waals surface area contributed by atoms with E-state index in [9.17, 15) is 18.4 Å². The number of halogens is 2. The van der Waals surface area contributed by atoms with Gasteiger partial charge in [-0.2, -0.15) is 0 Å². The zero-order valence-corrected chi connectivity index (χ0v) is 13.7. The van der Waals surface area contributed by atoms with Crippen molar-refractivity contribution < 1.29 is 18.4 Å². The van der Waals surface area contributed by atoms with Gasteiger partial charge in [0.25, 0.3) is 11.8 Å². The average Bonchev–Trinajstić information content (AvgIpc) is 3.31. The van der Waals surface area contributed by atoms with Crippen LogP contribution in [0, 0.1) is 11.6 Å². The minimum atomic E-state index is -0.648. The molecule has 132 valence electrons. The summed E-state index contributed by atoms with van der Waals surface area (Å²) < 4.78 is 28.8. The number of amides is 2. The molecule has 0 saturated carbocycles. The van der Waals surface area contributed by atoms with Crippen LogP contribution in [0.5, 0.6) is 0 Å². The lowest BCUT2D eigenvalue weighted by molar-refractivity contribution is -0.122. The number of aromatic nitrogens is 2. The third-order valence-electron chi connectivity index (χ3n) is 4.78. The molecule has 2 aromatic heterocycles. The van der Waals surface area contributed by atoms with Crippen molar-refractivity contribution >= 4 is 44.8 Å². The number of carbonyl (C=O) groups excluding carboxylic acids is 2. The molecule has 0 saturated heterocycles. The Balaban J connectivity index is 1.88. The molecule has 3 heterocycles. The van der Waals surface area contributed by atoms with Crippen molar-refractivity contribution in [1.29, 1.82) is 0 Å². The Morgan fingerprint density at radius 3 is 1.56 bits per heavy atom. The van der Waals surface area contributed by atoms with Gasteiger partial charge >= 0.3 is 0 Å². The summed E-state index contributed by atoms with van der Waals surface area (Å²) in [6.07, 6.45) is 2.96. The predicted octanol–water partition coefficient (Wildman–Crippen LogP) is 3.49. The van der Waals surface area contributed by atoms with Crippen molar-refractivity contribution in [3.05, 3.63) is 71.6 Å². The second-order valence-electron chi connectivity index (χ2n) is 6.26. The fourth-order valence-electron chi connectivity index (χ4n) is 3.64. The first-order valence-corrected chi connectivity index (χ1v) is 8.18. The number of hydrogen-bond acceptors (Lipinski definition) is 2. The van der Waals surface area contributed by atoms with Gasteiger partial charge in [-0.1, -0.05) is 12.1 Å². The maximum Gasteiger partial charge on any atom is 0.259 e. The highest BCUT2D eigenvalue weighted by atomic mass is 19.1. The first-order valence-electron chi connectivity index (χ1n) is 8.18. The van der Waals surface area contributed by atoms with Crippen LogP contribution in [-0.4, -0.2) is 21.8 Å². The zero-order valence-electron chi connectivity index (χ0n) is 13.7. The summed E-state index contributed by atoms with van der Waals surface area (Å²) in [5, 5.41) is 2.64. The summed E-state index contributed by atoms with van der Waals surface area (Å²) >= 11 is 0. The van der Waals surface area contributed by atoms with Crippen LogP contribution in [0.15, 0.2) is 48.8 Å². The molecule has 2 amide bonds. The molecule has 0 spiro atoms. The molecule has 27 heavy (non-hydrogen) atoms. The quantitative estimate of drug-likeness (QED) is 0.477. The number of imide groups is 1. The average molecular weight is 363 g/mol. The maximum absolute atomic E-state index is 14.4. The Labute approximate surface area is 150 Å². The Bertz CT molecular complexity index is 1210. The minimum absolute atomic E-state index is 0.0144. The minimum Gasteiger partial charge on any atom is -0.360 e. The van der Waals surface area contributed by atoms with E-state index in [0.29, 0.717) is 11.0 Å². The van der Waals surface area contributed by atoms with Crippen LogP contribution in [0.4, 0.5) is 8.78 Å². The Hall–Kier alpha value is -3.74. The number of hydrogen-bond donors (Lipinski definition) is 3. The lowest BCUT2D eigenvalue weighted by atomic mass is 9.95. The number of H-pyrrole nitrogens is 2. The highest BCUT2D eigenvalue weighted by molar-refractivity contribution is 6.50. The van der Waals surface area contributed by atoms with Crippen LogP contribution < -0.4 is 5.32 Å². The van der Waals surface area contributed by atoms with Gasteiger partial charge in [0.2, 0.25) is 0 Å². The number of fused-ring (bicyclic) bond motifs is 2. The monoisotopic (exact) mass is 363 g/mol. The topological polar surface area (TPSA) is 77.8 Å². The standard InChI is InChI=1S/C20H11F2N3O2/c21-11-3-1-5-13-15(11)9(7-23-13)17-18(20(27)25-19(17)26)10-8-24-14-6-2-4-12(22)16(10)14/h1-8,23-24H,(H,25,26,27). The van der Waals surface area contributed by atoms with Crippen LogP contribution in [0.1, 0.15) is 11.1 Å². The van der Waals surface area contributed by atoms with Gasteiger partial charge in [0.05, 0.1) is 11.1 Å². The Kier molecular flexibility index (Phi) is 3.09. The van der Waals surface area contributed by atoms with E-state index in [1.807, 2.05) is 0 Å². The summed E-state index contributed by atoms with van der Waals surface area (Å²) in [6.45, 7) is 0. The summed E-state index contributed by atoms with van der Waals surface area (Å²) in [6, 6.07) is 8.98. The van der Waals surface area contributed by atoms with Crippen LogP contribution in [0.3, 0.4) is 0 Å². The zero-order chi connectivity index (χ0) is 18.7. The molecule has 0 radical (unpaired) electrons. The van der Waals surface area contributed by atoms with Gasteiger partial charge in [0, 0.05) is 45.3 Å². The fraction of sp³-hybridized carbons (Fsp3) is 0. The fourth-order valence-corrected chi connectivity index (χ4v) is 3.64. The van der Waals surface area contributed by atoms with Crippen LogP contribution in [0.2, 0.25) is 0 Å². The van der Waals surface area contributed by atoms with E-state index >= 15 is 0 Å².